The standard InChI is InChI=1S/C19H31N5O2/c1-3-26-19(25)24-12-8-16(9-13-24)21-18-20-15(2)14-17(22-18)23-10-6-4-5-7-11-23/h14,16H,3-13H2,1-2H3,(H,20,21,22). The second-order valence-corrected chi connectivity index (χ2v) is 7.20. The normalized spacial score (nSPS) is 19.2. The van der Waals surface area contributed by atoms with Crippen molar-refractivity contribution in [2.45, 2.75) is 58.4 Å². The lowest BCUT2D eigenvalue weighted by atomic mass is 10.1. The maximum atomic E-state index is 11.8. The summed E-state index contributed by atoms with van der Waals surface area (Å²) in [7, 11) is 0. The molecule has 0 bridgehead atoms. The molecule has 7 nitrogen and oxygen atoms in total. The molecule has 0 aromatic carbocycles. The van der Waals surface area contributed by atoms with Gasteiger partial charge in [-0.05, 0) is 39.5 Å². The number of rotatable bonds is 4. The Bertz CT molecular complexity index is 594. The maximum absolute atomic E-state index is 11.8. The topological polar surface area (TPSA) is 70.6 Å². The SMILES string of the molecule is CCOC(=O)N1CCC(Nc2nc(C)cc(N3CCCCCC3)n2)CC1. The molecule has 2 fully saturated rings. The molecule has 7 heteroatoms. The predicted octanol–water partition coefficient (Wildman–Crippen LogP) is 3.20. The first-order valence-electron chi connectivity index (χ1n) is 9.94. The molecule has 3 heterocycles. The van der Waals surface area contributed by atoms with Crippen molar-refractivity contribution in [1.82, 2.24) is 14.9 Å². The average Bonchev–Trinajstić information content (AvgIpc) is 2.91. The largest absolute Gasteiger partial charge is 0.450 e. The summed E-state index contributed by atoms with van der Waals surface area (Å²) in [4.78, 5) is 25.3. The van der Waals surface area contributed by atoms with Crippen LogP contribution in [0, 0.1) is 6.92 Å². The molecule has 0 atom stereocenters. The van der Waals surface area contributed by atoms with Crippen LogP contribution in [0.3, 0.4) is 0 Å². The number of carbonyl (C=O) groups is 1. The second-order valence-electron chi connectivity index (χ2n) is 7.20. The van der Waals surface area contributed by atoms with E-state index in [2.05, 4.69) is 21.3 Å². The van der Waals surface area contributed by atoms with Crippen LogP contribution in [0.2, 0.25) is 0 Å². The van der Waals surface area contributed by atoms with E-state index in [-0.39, 0.29) is 6.09 Å². The fourth-order valence-corrected chi connectivity index (χ4v) is 3.68. The first-order chi connectivity index (χ1) is 12.7. The monoisotopic (exact) mass is 361 g/mol. The van der Waals surface area contributed by atoms with Gasteiger partial charge < -0.3 is 19.9 Å². The average molecular weight is 361 g/mol. The van der Waals surface area contributed by atoms with Crippen molar-refractivity contribution in [2.75, 3.05) is 43.0 Å². The number of nitrogens with one attached hydrogen (secondary N) is 1. The van der Waals surface area contributed by atoms with Gasteiger partial charge >= 0.3 is 6.09 Å². The van der Waals surface area contributed by atoms with Crippen molar-refractivity contribution in [2.24, 2.45) is 0 Å². The Kier molecular flexibility index (Phi) is 6.52. The van der Waals surface area contributed by atoms with E-state index in [4.69, 9.17) is 9.72 Å². The van der Waals surface area contributed by atoms with Gasteiger partial charge in [-0.1, -0.05) is 12.8 Å². The minimum absolute atomic E-state index is 0.207. The number of hydrogen-bond acceptors (Lipinski definition) is 6. The van der Waals surface area contributed by atoms with Crippen LogP contribution in [0.25, 0.3) is 0 Å². The Hall–Kier alpha value is -2.05. The zero-order chi connectivity index (χ0) is 18.4. The van der Waals surface area contributed by atoms with Crippen molar-refractivity contribution < 1.29 is 9.53 Å². The third-order valence-corrected chi connectivity index (χ3v) is 5.12. The van der Waals surface area contributed by atoms with Gasteiger partial charge in [0, 0.05) is 44.0 Å². The number of piperidine rings is 1. The van der Waals surface area contributed by atoms with Crippen LogP contribution in [0.5, 0.6) is 0 Å². The minimum atomic E-state index is -0.207. The van der Waals surface area contributed by atoms with E-state index in [1.54, 1.807) is 4.90 Å². The summed E-state index contributed by atoms with van der Waals surface area (Å²) in [6, 6.07) is 2.37. The quantitative estimate of drug-likeness (QED) is 0.888. The summed E-state index contributed by atoms with van der Waals surface area (Å²) in [6.45, 7) is 7.86. The molecule has 1 aromatic rings. The Morgan fingerprint density at radius 3 is 2.50 bits per heavy atom. The van der Waals surface area contributed by atoms with Crippen molar-refractivity contribution >= 4 is 17.9 Å². The number of amides is 1. The lowest BCUT2D eigenvalue weighted by Gasteiger charge is -2.31. The fraction of sp³-hybridized carbons (Fsp3) is 0.737. The fourth-order valence-electron chi connectivity index (χ4n) is 3.68. The molecule has 0 saturated carbocycles. The van der Waals surface area contributed by atoms with E-state index in [9.17, 15) is 4.79 Å². The summed E-state index contributed by atoms with van der Waals surface area (Å²) in [5.74, 6) is 1.74. The molecular formula is C19H31N5O2. The lowest BCUT2D eigenvalue weighted by Crippen LogP contribution is -2.42. The molecule has 144 valence electrons. The highest BCUT2D eigenvalue weighted by Gasteiger charge is 2.24. The molecule has 2 saturated heterocycles. The molecule has 0 aliphatic carbocycles. The van der Waals surface area contributed by atoms with Crippen molar-refractivity contribution in [3.05, 3.63) is 11.8 Å². The van der Waals surface area contributed by atoms with Gasteiger partial charge in [-0.15, -0.1) is 0 Å². The molecule has 2 aliphatic rings. The summed E-state index contributed by atoms with van der Waals surface area (Å²) >= 11 is 0. The molecule has 26 heavy (non-hydrogen) atoms. The number of nitrogens with zero attached hydrogens (tertiary/aromatic N) is 4. The van der Waals surface area contributed by atoms with Crippen LogP contribution in [-0.2, 0) is 4.74 Å². The number of anilines is 2. The van der Waals surface area contributed by atoms with Crippen LogP contribution in [0.15, 0.2) is 6.07 Å². The highest BCUT2D eigenvalue weighted by molar-refractivity contribution is 5.67. The zero-order valence-electron chi connectivity index (χ0n) is 16.0. The number of carbonyl (C=O) groups excluding carboxylic acids is 1. The molecule has 3 rings (SSSR count). The van der Waals surface area contributed by atoms with Gasteiger partial charge in [-0.25, -0.2) is 9.78 Å². The Labute approximate surface area is 156 Å². The lowest BCUT2D eigenvalue weighted by molar-refractivity contribution is 0.0983. The summed E-state index contributed by atoms with van der Waals surface area (Å²) in [5, 5.41) is 3.48. The Morgan fingerprint density at radius 2 is 1.85 bits per heavy atom. The van der Waals surface area contributed by atoms with Gasteiger partial charge in [0.25, 0.3) is 0 Å². The number of hydrogen-bond donors (Lipinski definition) is 1. The Morgan fingerprint density at radius 1 is 1.15 bits per heavy atom. The molecule has 1 aromatic heterocycles. The molecule has 1 amide bonds. The van der Waals surface area contributed by atoms with E-state index in [1.807, 2.05) is 13.8 Å². The molecule has 1 N–H and O–H groups in total. The third kappa shape index (κ3) is 4.99. The van der Waals surface area contributed by atoms with Gasteiger partial charge in [0.1, 0.15) is 5.82 Å². The van der Waals surface area contributed by atoms with Crippen LogP contribution in [-0.4, -0.2) is 59.8 Å². The van der Waals surface area contributed by atoms with E-state index in [0.717, 1.165) is 37.4 Å². The van der Waals surface area contributed by atoms with Gasteiger partial charge in [0.05, 0.1) is 6.61 Å². The van der Waals surface area contributed by atoms with Crippen molar-refractivity contribution in [3.63, 3.8) is 0 Å². The molecule has 0 unspecified atom stereocenters. The summed E-state index contributed by atoms with van der Waals surface area (Å²) < 4.78 is 5.08. The summed E-state index contributed by atoms with van der Waals surface area (Å²) in [6.07, 6.45) is 6.65. The first-order valence-corrected chi connectivity index (χ1v) is 9.94. The van der Waals surface area contributed by atoms with E-state index >= 15 is 0 Å². The van der Waals surface area contributed by atoms with E-state index < -0.39 is 0 Å². The predicted molar refractivity (Wildman–Crippen MR) is 103 cm³/mol. The highest BCUT2D eigenvalue weighted by Crippen LogP contribution is 2.21. The third-order valence-electron chi connectivity index (χ3n) is 5.12. The van der Waals surface area contributed by atoms with Crippen molar-refractivity contribution in [3.8, 4) is 0 Å². The highest BCUT2D eigenvalue weighted by atomic mass is 16.6. The number of aromatic nitrogens is 2. The summed E-state index contributed by atoms with van der Waals surface area (Å²) in [5.41, 5.74) is 0.991. The Balaban J connectivity index is 1.59. The number of aryl methyl sites for hydroxylation is 1. The first kappa shape index (κ1) is 18.7. The number of likely N-dealkylation sites (tertiary alicyclic amines) is 1. The molecular weight excluding hydrogens is 330 g/mol. The second kappa shape index (κ2) is 9.05. The van der Waals surface area contributed by atoms with Gasteiger partial charge in [-0.2, -0.15) is 4.98 Å². The minimum Gasteiger partial charge on any atom is -0.450 e. The van der Waals surface area contributed by atoms with Crippen LogP contribution in [0.4, 0.5) is 16.6 Å². The molecule has 0 spiro atoms. The number of ether oxygens (including phenoxy) is 1. The molecule has 0 radical (unpaired) electrons. The molecule has 2 aliphatic heterocycles. The van der Waals surface area contributed by atoms with E-state index in [1.165, 1.54) is 25.7 Å². The smallest absolute Gasteiger partial charge is 0.409 e. The van der Waals surface area contributed by atoms with E-state index in [0.29, 0.717) is 31.7 Å². The van der Waals surface area contributed by atoms with Gasteiger partial charge in [-0.3, -0.25) is 0 Å². The van der Waals surface area contributed by atoms with Crippen LogP contribution >= 0.6 is 0 Å². The van der Waals surface area contributed by atoms with Gasteiger partial charge in [0.15, 0.2) is 0 Å². The zero-order valence-corrected chi connectivity index (χ0v) is 16.0. The maximum Gasteiger partial charge on any atom is 0.409 e. The van der Waals surface area contributed by atoms with Gasteiger partial charge in [0.2, 0.25) is 5.95 Å². The van der Waals surface area contributed by atoms with Crippen molar-refractivity contribution in [1.29, 1.82) is 0 Å². The van der Waals surface area contributed by atoms with Crippen LogP contribution in [0.1, 0.15) is 51.1 Å². The van der Waals surface area contributed by atoms with Crippen LogP contribution < -0.4 is 10.2 Å².